The molecule has 2 fully saturated rings. The molecule has 1 saturated carbocycles. The lowest BCUT2D eigenvalue weighted by molar-refractivity contribution is -0.137. The second kappa shape index (κ2) is 6.98. The molecule has 2 heterocycles. The van der Waals surface area contributed by atoms with Crippen LogP contribution < -0.4 is 0 Å². The third-order valence-electron chi connectivity index (χ3n) is 5.44. The second-order valence-corrected chi connectivity index (χ2v) is 7.27. The van der Waals surface area contributed by atoms with Crippen LogP contribution in [0.3, 0.4) is 0 Å². The molecule has 2 aromatic rings. The van der Waals surface area contributed by atoms with Crippen molar-refractivity contribution in [1.29, 1.82) is 0 Å². The zero-order valence-corrected chi connectivity index (χ0v) is 14.7. The van der Waals surface area contributed by atoms with Gasteiger partial charge in [-0.25, -0.2) is 0 Å². The lowest BCUT2D eigenvalue weighted by Crippen LogP contribution is -2.37. The Bertz CT molecular complexity index is 810. The van der Waals surface area contributed by atoms with Crippen molar-refractivity contribution in [2.45, 2.75) is 56.7 Å². The Kier molecular flexibility index (Phi) is 4.65. The minimum absolute atomic E-state index is 0.118. The molecule has 8 heteroatoms. The summed E-state index contributed by atoms with van der Waals surface area (Å²) in [4.78, 5) is 18.7. The molecule has 1 aromatic carbocycles. The highest BCUT2D eigenvalue weighted by Gasteiger charge is 2.37. The minimum atomic E-state index is -4.38. The summed E-state index contributed by atoms with van der Waals surface area (Å²) >= 11 is 0. The van der Waals surface area contributed by atoms with Crippen LogP contribution in [0, 0.1) is 0 Å². The number of carbonyl (C=O) groups is 1. The number of likely N-dealkylation sites (tertiary alicyclic amines) is 1. The van der Waals surface area contributed by atoms with Crippen molar-refractivity contribution in [1.82, 2.24) is 15.0 Å². The van der Waals surface area contributed by atoms with Crippen LogP contribution in [0.15, 0.2) is 28.8 Å². The van der Waals surface area contributed by atoms with Crippen molar-refractivity contribution in [2.24, 2.45) is 0 Å². The van der Waals surface area contributed by atoms with Crippen LogP contribution >= 0.6 is 0 Å². The maximum absolute atomic E-state index is 12.7. The van der Waals surface area contributed by atoms with E-state index in [1.165, 1.54) is 18.6 Å². The number of benzene rings is 1. The lowest BCUT2D eigenvalue weighted by atomic mass is 9.94. The molecular weight excluding hydrogens is 359 g/mol. The monoisotopic (exact) mass is 379 g/mol. The maximum atomic E-state index is 12.7. The van der Waals surface area contributed by atoms with Crippen molar-refractivity contribution in [3.05, 3.63) is 35.7 Å². The van der Waals surface area contributed by atoms with Crippen LogP contribution in [0.4, 0.5) is 13.2 Å². The van der Waals surface area contributed by atoms with Gasteiger partial charge in [0, 0.05) is 30.5 Å². The van der Waals surface area contributed by atoms with Crippen molar-refractivity contribution >= 4 is 5.91 Å². The Labute approximate surface area is 154 Å². The van der Waals surface area contributed by atoms with E-state index in [2.05, 4.69) is 10.1 Å². The molecule has 0 N–H and O–H groups in total. The van der Waals surface area contributed by atoms with Gasteiger partial charge in [-0.05, 0) is 37.1 Å². The maximum Gasteiger partial charge on any atom is 0.416 e. The molecule has 0 unspecified atom stereocenters. The van der Waals surface area contributed by atoms with Gasteiger partial charge < -0.3 is 9.42 Å². The molecular formula is C19H20F3N3O2. The van der Waals surface area contributed by atoms with Crippen LogP contribution in [0.5, 0.6) is 0 Å². The van der Waals surface area contributed by atoms with Crippen LogP contribution in [0.2, 0.25) is 0 Å². The van der Waals surface area contributed by atoms with E-state index in [0.29, 0.717) is 30.4 Å². The number of alkyl halides is 3. The zero-order valence-electron chi connectivity index (χ0n) is 14.7. The molecule has 0 spiro atoms. The fraction of sp³-hybridized carbons (Fsp3) is 0.526. The summed E-state index contributed by atoms with van der Waals surface area (Å²) in [6.07, 6.45) is 1.58. The van der Waals surface area contributed by atoms with E-state index in [0.717, 1.165) is 37.8 Å². The Balaban J connectivity index is 1.47. The summed E-state index contributed by atoms with van der Waals surface area (Å²) in [6.45, 7) is 0.579. The lowest BCUT2D eigenvalue weighted by Gasteiger charge is -2.31. The highest BCUT2D eigenvalue weighted by atomic mass is 19.4. The molecule has 27 heavy (non-hydrogen) atoms. The van der Waals surface area contributed by atoms with Crippen molar-refractivity contribution < 1.29 is 22.5 Å². The number of hydrogen-bond donors (Lipinski definition) is 0. The molecule has 1 aliphatic heterocycles. The number of nitrogens with zero attached hydrogens (tertiary/aromatic N) is 3. The van der Waals surface area contributed by atoms with E-state index >= 15 is 0 Å². The molecule has 1 atom stereocenters. The number of aromatic nitrogens is 2. The number of carbonyl (C=O) groups excluding carboxylic acids is 1. The Morgan fingerprint density at radius 3 is 2.44 bits per heavy atom. The van der Waals surface area contributed by atoms with Gasteiger partial charge >= 0.3 is 6.18 Å². The first-order valence-corrected chi connectivity index (χ1v) is 9.22. The second-order valence-electron chi connectivity index (χ2n) is 7.27. The Morgan fingerprint density at radius 1 is 1.07 bits per heavy atom. The molecule has 1 saturated heterocycles. The molecule has 144 valence electrons. The number of halogens is 3. The van der Waals surface area contributed by atoms with Gasteiger partial charge in [0.05, 0.1) is 5.56 Å². The van der Waals surface area contributed by atoms with E-state index < -0.39 is 11.7 Å². The fourth-order valence-corrected chi connectivity index (χ4v) is 3.97. The fourth-order valence-electron chi connectivity index (χ4n) is 3.97. The quantitative estimate of drug-likeness (QED) is 0.793. The Morgan fingerprint density at radius 2 is 1.78 bits per heavy atom. The van der Waals surface area contributed by atoms with E-state index in [-0.39, 0.29) is 17.7 Å². The highest BCUT2D eigenvalue weighted by Crippen LogP contribution is 2.34. The molecule has 5 nitrogen and oxygen atoms in total. The number of rotatable bonds is 3. The first-order valence-electron chi connectivity index (χ1n) is 9.22. The summed E-state index contributed by atoms with van der Waals surface area (Å²) in [5, 5.41) is 3.97. The summed E-state index contributed by atoms with van der Waals surface area (Å²) in [5.41, 5.74) is -0.300. The standard InChI is InChI=1S/C19H20F3N3O2/c20-19(21,22)14-8-6-12(7-9-14)18-23-17(24-27-18)13-10-16(26)25(11-13)15-4-2-1-3-5-15/h6-9,13,15H,1-5,10-11H2/t13-/m0/s1. The predicted molar refractivity (Wildman–Crippen MR) is 90.7 cm³/mol. The highest BCUT2D eigenvalue weighted by molar-refractivity contribution is 5.80. The van der Waals surface area contributed by atoms with Gasteiger partial charge in [-0.3, -0.25) is 4.79 Å². The van der Waals surface area contributed by atoms with Crippen LogP contribution in [0.1, 0.15) is 55.8 Å². The third kappa shape index (κ3) is 3.70. The van der Waals surface area contributed by atoms with E-state index in [1.54, 1.807) is 0 Å². The Hall–Kier alpha value is -2.38. The number of amides is 1. The SMILES string of the molecule is O=C1C[C@H](c2noc(-c3ccc(C(F)(F)F)cc3)n2)CN1C1CCCCC1. The molecule has 2 aliphatic rings. The van der Waals surface area contributed by atoms with Crippen LogP contribution in [-0.2, 0) is 11.0 Å². The van der Waals surface area contributed by atoms with Crippen LogP contribution in [-0.4, -0.2) is 33.5 Å². The van der Waals surface area contributed by atoms with E-state index in [1.807, 2.05) is 4.90 Å². The van der Waals surface area contributed by atoms with Gasteiger partial charge in [0.2, 0.25) is 5.91 Å². The first-order chi connectivity index (χ1) is 12.9. The summed E-state index contributed by atoms with van der Waals surface area (Å²) in [7, 11) is 0. The summed E-state index contributed by atoms with van der Waals surface area (Å²) in [6, 6.07) is 4.91. The molecule has 0 bridgehead atoms. The zero-order chi connectivity index (χ0) is 19.0. The third-order valence-corrected chi connectivity index (χ3v) is 5.44. The normalized spacial score (nSPS) is 21.8. The largest absolute Gasteiger partial charge is 0.416 e. The van der Waals surface area contributed by atoms with Gasteiger partial charge in [-0.15, -0.1) is 0 Å². The predicted octanol–water partition coefficient (Wildman–Crippen LogP) is 4.40. The van der Waals surface area contributed by atoms with Gasteiger partial charge in [0.15, 0.2) is 5.82 Å². The minimum Gasteiger partial charge on any atom is -0.339 e. The smallest absolute Gasteiger partial charge is 0.339 e. The van der Waals surface area contributed by atoms with Crippen LogP contribution in [0.25, 0.3) is 11.5 Å². The molecule has 0 radical (unpaired) electrons. The van der Waals surface area contributed by atoms with Gasteiger partial charge in [0.25, 0.3) is 5.89 Å². The van der Waals surface area contributed by atoms with Gasteiger partial charge in [0.1, 0.15) is 0 Å². The van der Waals surface area contributed by atoms with E-state index in [4.69, 9.17) is 4.52 Å². The van der Waals surface area contributed by atoms with Gasteiger partial charge in [-0.1, -0.05) is 24.4 Å². The van der Waals surface area contributed by atoms with Gasteiger partial charge in [-0.2, -0.15) is 18.2 Å². The van der Waals surface area contributed by atoms with Crippen molar-refractivity contribution in [3.63, 3.8) is 0 Å². The van der Waals surface area contributed by atoms with Crippen molar-refractivity contribution in [3.8, 4) is 11.5 Å². The summed E-state index contributed by atoms with van der Waals surface area (Å²) in [5.74, 6) is 0.595. The average Bonchev–Trinajstić information content (AvgIpc) is 3.29. The van der Waals surface area contributed by atoms with Crippen molar-refractivity contribution in [2.75, 3.05) is 6.54 Å². The topological polar surface area (TPSA) is 59.2 Å². The summed E-state index contributed by atoms with van der Waals surface area (Å²) < 4.78 is 43.2. The molecule has 1 amide bonds. The average molecular weight is 379 g/mol. The molecule has 4 rings (SSSR count). The van der Waals surface area contributed by atoms with E-state index in [9.17, 15) is 18.0 Å². The number of hydrogen-bond acceptors (Lipinski definition) is 4. The first kappa shape index (κ1) is 18.0. The molecule has 1 aromatic heterocycles. The molecule has 1 aliphatic carbocycles.